The number of unbranched alkanes of at least 4 members (excludes halogenated alkanes) is 1. The van der Waals surface area contributed by atoms with E-state index in [-0.39, 0.29) is 86.5 Å². The summed E-state index contributed by atoms with van der Waals surface area (Å²) in [6.45, 7) is 11.5. The minimum atomic E-state index is -5.77. The van der Waals surface area contributed by atoms with Crippen LogP contribution >= 0.6 is 45.1 Å². The van der Waals surface area contributed by atoms with Gasteiger partial charge in [0.25, 0.3) is 0 Å². The number of nitrogens with two attached hydrogens (primary N) is 1. The number of nitrogen functional groups attached to an aromatic ring is 1. The zero-order valence-electron chi connectivity index (χ0n) is 59.8. The molecular formula is C70H91N7O23P3S4+. The highest BCUT2D eigenvalue weighted by atomic mass is 33.1. The Balaban J connectivity index is 0.537. The Morgan fingerprint density at radius 2 is 1.59 bits per heavy atom. The van der Waals surface area contributed by atoms with Crippen molar-refractivity contribution in [3.05, 3.63) is 104 Å². The van der Waals surface area contributed by atoms with Gasteiger partial charge < -0.3 is 83.1 Å². The molecule has 2 aromatic heterocycles. The van der Waals surface area contributed by atoms with Crippen LogP contribution in [-0.2, 0) is 111 Å². The van der Waals surface area contributed by atoms with Gasteiger partial charge in [0.2, 0.25) is 5.36 Å². The zero-order chi connectivity index (χ0) is 76.0. The third-order valence-corrected chi connectivity index (χ3v) is 27.6. The molecule has 8 heterocycles. The Labute approximate surface area is 634 Å². The molecule has 6 aliphatic heterocycles. The number of ketones is 1. The van der Waals surface area contributed by atoms with E-state index in [0.29, 0.717) is 84.9 Å². The van der Waals surface area contributed by atoms with Gasteiger partial charge in [0.05, 0.1) is 80.2 Å². The Hall–Kier alpha value is -5.73. The fourth-order valence-corrected chi connectivity index (χ4v) is 19.9. The van der Waals surface area contributed by atoms with Crippen LogP contribution in [0.3, 0.4) is 0 Å². The maximum atomic E-state index is 14.0. The number of alkyl carbamates (subject to hydrolysis) is 1. The van der Waals surface area contributed by atoms with Gasteiger partial charge in [0.15, 0.2) is 5.78 Å². The van der Waals surface area contributed by atoms with E-state index >= 15 is 0 Å². The van der Waals surface area contributed by atoms with E-state index in [1.165, 1.54) is 39.6 Å². The number of anilines is 2. The van der Waals surface area contributed by atoms with Crippen LogP contribution in [0.15, 0.2) is 42.9 Å². The number of hydrogen-bond donors (Lipinski definition) is 7. The third-order valence-electron chi connectivity index (χ3n) is 18.8. The van der Waals surface area contributed by atoms with Gasteiger partial charge >= 0.3 is 41.5 Å². The fourth-order valence-electron chi connectivity index (χ4n) is 13.9. The molecule has 8 N–H and O–H groups in total. The number of carbonyl (C=O) groups is 4. The van der Waals surface area contributed by atoms with Crippen LogP contribution in [0.1, 0.15) is 164 Å². The predicted molar refractivity (Wildman–Crippen MR) is 405 cm³/mol. The van der Waals surface area contributed by atoms with Crippen LogP contribution in [0, 0.1) is 11.8 Å². The molecule has 11 rings (SSSR count). The summed E-state index contributed by atoms with van der Waals surface area (Å²) in [6, 6.07) is 9.50. The fraction of sp³-hybridized carbons (Fsp3) is 0.557. The van der Waals surface area contributed by atoms with Crippen molar-refractivity contribution in [1.29, 1.82) is 0 Å². The van der Waals surface area contributed by atoms with Gasteiger partial charge in [-0.2, -0.15) is 8.62 Å². The lowest BCUT2D eigenvalue weighted by molar-refractivity contribution is -0.143. The summed E-state index contributed by atoms with van der Waals surface area (Å²) in [6.07, 6.45) is 10.0. The largest absolute Gasteiger partial charge is 0.490 e. The molecule has 0 radical (unpaired) electrons. The summed E-state index contributed by atoms with van der Waals surface area (Å²) in [5, 5.41) is 16.1. The number of phosphoric acid groups is 3. The maximum Gasteiger partial charge on any atom is 0.490 e. The summed E-state index contributed by atoms with van der Waals surface area (Å²) in [7, 11) is -14.3. The van der Waals surface area contributed by atoms with Crippen molar-refractivity contribution in [2.75, 3.05) is 114 Å². The monoisotopic (exact) mass is 1620 g/mol. The number of carboxylic acid groups (broad SMARTS) is 1. The molecule has 5 aromatic rings. The number of nitrogens with one attached hydrogen (secondary N) is 1. The molecule has 1 amide bonds. The molecule has 0 bridgehead atoms. The number of phosphoric ester groups is 1. The molecule has 0 spiro atoms. The summed E-state index contributed by atoms with van der Waals surface area (Å²) in [5.41, 5.74) is 16.1. The Kier molecular flexibility index (Phi) is 28.8. The van der Waals surface area contributed by atoms with E-state index in [1.807, 2.05) is 6.92 Å². The SMILES string of the molecule is CCS(=S)CO[C@H]1C[C@H](n2cc(C#CCCC(=O)OCCCCOCSSC(C)(C)CCOC(=O)NCCOCCOCCCC(=O)c3ccc(C(=O)O)c(C4=c5cc6c7c(c5Oc5c4cc4c8c5CCCN8CCC4)CCC[N+]=7CCC6)c3)c3c(N)ncnc32)O[C@@H]1COP(=O)(O)OP(=O)(O)OP(=O)(O)O. The van der Waals surface area contributed by atoms with E-state index in [1.54, 1.807) is 50.6 Å². The minimum absolute atomic E-state index is 0.00672. The van der Waals surface area contributed by atoms with Crippen molar-refractivity contribution in [2.24, 2.45) is 0 Å². The van der Waals surface area contributed by atoms with E-state index in [0.717, 1.165) is 105 Å². The first-order chi connectivity index (χ1) is 51.3. The number of rotatable bonds is 39. The molecule has 107 heavy (non-hydrogen) atoms. The first kappa shape index (κ1) is 82.2. The first-order valence-corrected chi connectivity index (χ1v) is 45.0. The number of amides is 1. The number of aromatic nitrogens is 3. The predicted octanol–water partition coefficient (Wildman–Crippen LogP) is 8.62. The van der Waals surface area contributed by atoms with E-state index in [9.17, 15) is 47.8 Å². The average molecular weight is 1620 g/mol. The van der Waals surface area contributed by atoms with Gasteiger partial charge in [0, 0.05) is 115 Å². The van der Waals surface area contributed by atoms with Gasteiger partial charge in [-0.1, -0.05) is 55.9 Å². The van der Waals surface area contributed by atoms with Gasteiger partial charge in [-0.25, -0.2) is 37.8 Å². The number of ether oxygens (including phenoxy) is 8. The van der Waals surface area contributed by atoms with Crippen molar-refractivity contribution < 1.29 is 109 Å². The van der Waals surface area contributed by atoms with Crippen molar-refractivity contribution in [1.82, 2.24) is 24.4 Å². The number of nitrogens with zero attached hydrogens (tertiary/aromatic N) is 5. The second kappa shape index (κ2) is 37.5. The van der Waals surface area contributed by atoms with E-state index in [4.69, 9.17) is 69.1 Å². The Morgan fingerprint density at radius 1 is 0.841 bits per heavy atom. The Bertz CT molecular complexity index is 4510. The lowest BCUT2D eigenvalue weighted by atomic mass is 9.81. The van der Waals surface area contributed by atoms with Gasteiger partial charge in [-0.15, -0.1) is 0 Å². The number of aromatic carboxylic acids is 1. The number of carbonyl (C=O) groups excluding carboxylic acids is 3. The van der Waals surface area contributed by atoms with Crippen molar-refractivity contribution in [2.45, 2.75) is 147 Å². The lowest BCUT2D eigenvalue weighted by Gasteiger charge is -2.39. The van der Waals surface area contributed by atoms with Crippen molar-refractivity contribution in [3.63, 3.8) is 0 Å². The number of hydrogen-bond acceptors (Lipinski definition) is 25. The number of aryl methyl sites for hydroxylation is 2. The smallest absolute Gasteiger partial charge is 0.478 e. The van der Waals surface area contributed by atoms with E-state index in [2.05, 4.69) is 71.2 Å². The molecule has 6 aliphatic rings. The standard InChI is InChI=1S/C70H90N7O23P3S4/c1-4-107(104)44-95-56-39-58(97-57(56)41-96-102(86,87)100-103(88,89)99-101(83,84)85)77-40-48(60-66(71)73-42-74-67(60)77)14-5-6-20-59(79)93-31-8-7-29-92-43-105-106-70(2,3)23-32-94-69(82)72-24-33-91-35-34-90-30-13-19-55(78)45-21-22-49(68(80)81)52(36-45)61-53-37-46-15-9-25-75-27-11-17-50(62(46)75)64(53)98-65-51-18-12-28-76-26-10-16-47(63(51)76)38-54(61)65/h21-22,36-38,40,42,56-58H,4,6-13,15-20,23-35,39,41,43-44H2,1-3H3,(H7-,71,72,73,74,80,81,82,83,84,85,86,87,88,89)/p+1/t56-,57+,58+,107?/m0/s1. The molecule has 6 atom stereocenters. The van der Waals surface area contributed by atoms with Crippen molar-refractivity contribution >= 4 is 118 Å². The highest BCUT2D eigenvalue weighted by molar-refractivity contribution is 8.77. The van der Waals surface area contributed by atoms with E-state index < -0.39 is 76.0 Å². The summed E-state index contributed by atoms with van der Waals surface area (Å²) < 4.78 is 99.5. The van der Waals surface area contributed by atoms with Crippen LogP contribution in [-0.4, -0.2) is 183 Å². The van der Waals surface area contributed by atoms with Crippen molar-refractivity contribution in [3.8, 4) is 23.3 Å². The highest BCUT2D eigenvalue weighted by Gasteiger charge is 2.45. The van der Waals surface area contributed by atoms with Crippen LogP contribution < -0.4 is 35.8 Å². The minimum Gasteiger partial charge on any atom is -0.478 e. The van der Waals surface area contributed by atoms with Gasteiger partial charge in [-0.3, -0.25) is 14.1 Å². The topological polar surface area (TPSA) is 397 Å². The lowest BCUT2D eigenvalue weighted by Crippen LogP contribution is -2.45. The second-order valence-corrected chi connectivity index (χ2v) is 37.4. The number of carboxylic acids is 1. The summed E-state index contributed by atoms with van der Waals surface area (Å²) in [4.78, 5) is 101. The molecule has 582 valence electrons. The number of fused-ring (bicyclic) bond motifs is 5. The molecule has 1 saturated heterocycles. The molecular weight excluding hydrogens is 1530 g/mol. The zero-order valence-corrected chi connectivity index (χ0v) is 65.7. The van der Waals surface area contributed by atoms with Crippen LogP contribution in [0.2, 0.25) is 0 Å². The maximum absolute atomic E-state index is 14.0. The quantitative estimate of drug-likeness (QED) is 0.00277. The van der Waals surface area contributed by atoms with Gasteiger partial charge in [-0.05, 0) is 130 Å². The molecule has 0 saturated carbocycles. The number of Topliss-reactive ketones (excluding diaryl/α,β-unsaturated/α-hetero) is 1. The molecule has 3 aromatic carbocycles. The molecule has 30 nitrogen and oxygen atoms in total. The Morgan fingerprint density at radius 3 is 2.37 bits per heavy atom. The van der Waals surface area contributed by atoms with Gasteiger partial charge in [0.1, 0.15) is 60.7 Å². The normalized spacial score (nSPS) is 18.7. The number of benzene rings is 3. The highest BCUT2D eigenvalue weighted by Crippen LogP contribution is 2.66. The third kappa shape index (κ3) is 21.9. The van der Waals surface area contributed by atoms with Crippen LogP contribution in [0.5, 0.6) is 11.5 Å². The molecule has 37 heteroatoms. The summed E-state index contributed by atoms with van der Waals surface area (Å²) in [5.74, 6) is 7.30. The average Bonchev–Trinajstić information content (AvgIpc) is 1.27. The summed E-state index contributed by atoms with van der Waals surface area (Å²) >= 11 is 5.41. The van der Waals surface area contributed by atoms with Crippen LogP contribution in [0.25, 0.3) is 16.6 Å². The first-order valence-electron chi connectivity index (χ1n) is 35.7. The number of esters is 1. The molecule has 1 fully saturated rings. The van der Waals surface area contributed by atoms with Crippen LogP contribution in [0.4, 0.5) is 16.3 Å². The molecule has 3 unspecified atom stereocenters. The molecule has 0 aliphatic carbocycles. The second-order valence-electron chi connectivity index (χ2n) is 26.9.